The van der Waals surface area contributed by atoms with Crippen molar-refractivity contribution in [2.45, 2.75) is 34.3 Å². The molecule has 0 saturated heterocycles. The maximum atomic E-state index is 12.6. The van der Waals surface area contributed by atoms with Crippen LogP contribution in [0.15, 0.2) is 94.4 Å². The second-order valence-electron chi connectivity index (χ2n) is 10.6. The van der Waals surface area contributed by atoms with Gasteiger partial charge in [0.1, 0.15) is 18.1 Å². The van der Waals surface area contributed by atoms with Crippen LogP contribution < -0.4 is 25.0 Å². The molecular formula is C36H35ClN4O6. The molecule has 47 heavy (non-hydrogen) atoms. The molecule has 0 fully saturated rings. The first kappa shape index (κ1) is 32.9. The van der Waals surface area contributed by atoms with Gasteiger partial charge < -0.3 is 28.5 Å². The highest BCUT2D eigenvalue weighted by Gasteiger charge is 2.16. The van der Waals surface area contributed by atoms with Gasteiger partial charge in [-0.05, 0) is 106 Å². The van der Waals surface area contributed by atoms with Crippen molar-refractivity contribution in [3.05, 3.63) is 124 Å². The number of aromatic nitrogens is 1. The summed E-state index contributed by atoms with van der Waals surface area (Å²) in [5, 5.41) is 7.06. The van der Waals surface area contributed by atoms with Gasteiger partial charge in [-0.25, -0.2) is 5.43 Å². The van der Waals surface area contributed by atoms with Gasteiger partial charge in [-0.2, -0.15) is 5.10 Å². The maximum Gasteiger partial charge on any atom is 0.307 e. The second kappa shape index (κ2) is 15.2. The summed E-state index contributed by atoms with van der Waals surface area (Å²) >= 11 is 6.48. The fraction of sp³-hybridized carbons (Fsp3) is 0.194. The molecule has 2 amide bonds. The first-order valence-electron chi connectivity index (χ1n) is 15.0. The average Bonchev–Trinajstić information content (AvgIpc) is 3.67. The third-order valence-corrected chi connectivity index (χ3v) is 7.39. The molecule has 0 unspecified atom stereocenters. The lowest BCUT2D eigenvalue weighted by Gasteiger charge is -2.14. The van der Waals surface area contributed by atoms with E-state index in [1.165, 1.54) is 6.21 Å². The number of rotatable bonds is 13. The van der Waals surface area contributed by atoms with Crippen molar-refractivity contribution in [3.63, 3.8) is 0 Å². The van der Waals surface area contributed by atoms with E-state index in [1.807, 2.05) is 62.4 Å². The van der Waals surface area contributed by atoms with Gasteiger partial charge in [0.05, 0.1) is 17.8 Å². The number of benzene rings is 3. The van der Waals surface area contributed by atoms with E-state index in [1.54, 1.807) is 24.3 Å². The molecule has 5 rings (SSSR count). The van der Waals surface area contributed by atoms with Gasteiger partial charge in [0.15, 0.2) is 23.9 Å². The fourth-order valence-corrected chi connectivity index (χ4v) is 5.10. The molecule has 11 heteroatoms. The minimum Gasteiger partial charge on any atom is -0.490 e. The Balaban J connectivity index is 1.14. The number of hydrazone groups is 1. The van der Waals surface area contributed by atoms with E-state index < -0.39 is 5.91 Å². The molecular weight excluding hydrogens is 620 g/mol. The Bertz CT molecular complexity index is 1870. The van der Waals surface area contributed by atoms with Gasteiger partial charge in [-0.1, -0.05) is 29.8 Å². The first-order valence-corrected chi connectivity index (χ1v) is 15.3. The van der Waals surface area contributed by atoms with Crippen LogP contribution in [-0.2, 0) is 11.4 Å². The van der Waals surface area contributed by atoms with Crippen LogP contribution >= 0.6 is 11.6 Å². The lowest BCUT2D eigenvalue weighted by Crippen LogP contribution is -2.21. The van der Waals surface area contributed by atoms with E-state index in [0.717, 1.165) is 22.6 Å². The van der Waals surface area contributed by atoms with Crippen molar-refractivity contribution in [1.29, 1.82) is 0 Å². The highest BCUT2D eigenvalue weighted by Crippen LogP contribution is 2.36. The Hall–Kier alpha value is -5.48. The summed E-state index contributed by atoms with van der Waals surface area (Å²) < 4.78 is 25.1. The maximum absolute atomic E-state index is 12.6. The molecule has 0 bridgehead atoms. The predicted molar refractivity (Wildman–Crippen MR) is 181 cm³/mol. The number of nitrogens with one attached hydrogen (secondary N) is 2. The molecule has 0 spiro atoms. The Kier molecular flexibility index (Phi) is 10.6. The summed E-state index contributed by atoms with van der Waals surface area (Å²) in [6, 6.07) is 25.8. The van der Waals surface area contributed by atoms with E-state index in [0.29, 0.717) is 35.1 Å². The van der Waals surface area contributed by atoms with Crippen molar-refractivity contribution in [2.75, 3.05) is 18.5 Å². The molecule has 0 aliphatic carbocycles. The molecule has 0 aliphatic heterocycles. The van der Waals surface area contributed by atoms with Crippen molar-refractivity contribution in [1.82, 2.24) is 9.99 Å². The topological polar surface area (TPSA) is 116 Å². The second-order valence-corrected chi connectivity index (χ2v) is 11.0. The van der Waals surface area contributed by atoms with Crippen LogP contribution in [0.3, 0.4) is 0 Å². The third kappa shape index (κ3) is 8.42. The number of nitrogens with zero attached hydrogens (tertiary/aromatic N) is 2. The number of carbonyl (C=O) groups excluding carboxylic acids is 2. The molecule has 2 aromatic heterocycles. The predicted octanol–water partition coefficient (Wildman–Crippen LogP) is 7.41. The van der Waals surface area contributed by atoms with E-state index in [4.69, 9.17) is 30.2 Å². The van der Waals surface area contributed by atoms with Crippen LogP contribution in [0.25, 0.3) is 5.69 Å². The minimum absolute atomic E-state index is 0.0791. The molecule has 0 radical (unpaired) electrons. The monoisotopic (exact) mass is 654 g/mol. The summed E-state index contributed by atoms with van der Waals surface area (Å²) in [6.07, 6.45) is 1.41. The Morgan fingerprint density at radius 3 is 2.38 bits per heavy atom. The van der Waals surface area contributed by atoms with Crippen molar-refractivity contribution in [3.8, 4) is 22.9 Å². The van der Waals surface area contributed by atoms with Gasteiger partial charge in [0.2, 0.25) is 0 Å². The number of hydrogen-bond acceptors (Lipinski definition) is 7. The van der Waals surface area contributed by atoms with Crippen LogP contribution in [0, 0.1) is 20.8 Å². The fourth-order valence-electron chi connectivity index (χ4n) is 4.82. The Morgan fingerprint density at radius 1 is 0.915 bits per heavy atom. The zero-order valence-corrected chi connectivity index (χ0v) is 27.3. The van der Waals surface area contributed by atoms with Crippen LogP contribution in [0.5, 0.6) is 17.2 Å². The van der Waals surface area contributed by atoms with Crippen LogP contribution in [0.1, 0.15) is 45.8 Å². The number of carbonyl (C=O) groups is 2. The molecule has 242 valence electrons. The number of ether oxygens (including phenoxy) is 3. The van der Waals surface area contributed by atoms with Gasteiger partial charge in [0, 0.05) is 22.8 Å². The van der Waals surface area contributed by atoms with E-state index >= 15 is 0 Å². The summed E-state index contributed by atoms with van der Waals surface area (Å²) in [5.41, 5.74) is 7.97. The molecule has 0 saturated carbocycles. The van der Waals surface area contributed by atoms with Gasteiger partial charge in [-0.15, -0.1) is 0 Å². The Morgan fingerprint density at radius 2 is 1.66 bits per heavy atom. The molecule has 2 N–H and O–H groups in total. The summed E-state index contributed by atoms with van der Waals surface area (Å²) in [6.45, 7) is 8.06. The standard InChI is InChI=1S/C36H35ClN4O6/c1-5-44-33-19-26(18-30(37)35(33)46-22-34(42)39-31-9-7-6-8-23(31)2)20-38-40-36(43)32-17-16-29(47-32)21-45-28-14-12-27(13-15-28)41-24(3)10-11-25(41)4/h6-20H,5,21-22H2,1-4H3,(H,39,42)(H,40,43)/b38-20+. The van der Waals surface area contributed by atoms with E-state index in [-0.39, 0.29) is 35.7 Å². The quantitative estimate of drug-likeness (QED) is 0.101. The zero-order chi connectivity index (χ0) is 33.3. The van der Waals surface area contributed by atoms with Gasteiger partial charge >= 0.3 is 5.91 Å². The number of halogens is 1. The summed E-state index contributed by atoms with van der Waals surface area (Å²) in [5.74, 6) is 0.914. The van der Waals surface area contributed by atoms with Gasteiger partial charge in [0.25, 0.3) is 5.91 Å². The number of anilines is 1. The molecule has 0 aliphatic rings. The molecule has 2 heterocycles. The van der Waals surface area contributed by atoms with Crippen LogP contribution in [0.2, 0.25) is 5.02 Å². The van der Waals surface area contributed by atoms with Crippen molar-refractivity contribution in [2.24, 2.45) is 5.10 Å². The number of furan rings is 1. The molecule has 3 aromatic carbocycles. The van der Waals surface area contributed by atoms with E-state index in [2.05, 4.69) is 46.4 Å². The lowest BCUT2D eigenvalue weighted by atomic mass is 10.2. The zero-order valence-electron chi connectivity index (χ0n) is 26.5. The summed E-state index contributed by atoms with van der Waals surface area (Å²) in [4.78, 5) is 25.1. The normalized spacial score (nSPS) is 11.0. The van der Waals surface area contributed by atoms with Crippen LogP contribution in [0.4, 0.5) is 5.69 Å². The molecule has 10 nitrogen and oxygen atoms in total. The highest BCUT2D eigenvalue weighted by molar-refractivity contribution is 6.32. The number of amides is 2. The van der Waals surface area contributed by atoms with Crippen molar-refractivity contribution < 1.29 is 28.2 Å². The largest absolute Gasteiger partial charge is 0.490 e. The molecule has 0 atom stereocenters. The number of para-hydroxylation sites is 1. The number of aryl methyl sites for hydroxylation is 3. The summed E-state index contributed by atoms with van der Waals surface area (Å²) in [7, 11) is 0. The third-order valence-electron chi connectivity index (χ3n) is 7.11. The average molecular weight is 655 g/mol. The lowest BCUT2D eigenvalue weighted by molar-refractivity contribution is -0.118. The minimum atomic E-state index is -0.537. The van der Waals surface area contributed by atoms with Gasteiger partial charge in [-0.3, -0.25) is 9.59 Å². The van der Waals surface area contributed by atoms with Crippen molar-refractivity contribution >= 4 is 35.3 Å². The van der Waals surface area contributed by atoms with E-state index in [9.17, 15) is 9.59 Å². The smallest absolute Gasteiger partial charge is 0.307 e. The first-order chi connectivity index (χ1) is 22.7. The molecule has 5 aromatic rings. The highest BCUT2D eigenvalue weighted by atomic mass is 35.5. The Labute approximate surface area is 277 Å². The van der Waals surface area contributed by atoms with Crippen LogP contribution in [-0.4, -0.2) is 35.8 Å². The number of hydrogen-bond donors (Lipinski definition) is 2. The SMILES string of the molecule is CCOc1cc(/C=N/NC(=O)c2ccc(COc3ccc(-n4c(C)ccc4C)cc3)o2)cc(Cl)c1OCC(=O)Nc1ccccc1C.